The van der Waals surface area contributed by atoms with E-state index in [1.165, 1.54) is 30.9 Å². The second-order valence-electron chi connectivity index (χ2n) is 6.67. The second-order valence-corrected chi connectivity index (χ2v) is 7.07. The first-order chi connectivity index (χ1) is 15.3. The largest absolute Gasteiger partial charge is 0.417 e. The zero-order valence-corrected chi connectivity index (χ0v) is 16.8. The van der Waals surface area contributed by atoms with Gasteiger partial charge in [0.2, 0.25) is 0 Å². The number of aliphatic hydroxyl groups is 2. The third-order valence-electron chi connectivity index (χ3n) is 4.51. The number of aromatic nitrogens is 5. The van der Waals surface area contributed by atoms with Crippen molar-refractivity contribution in [1.82, 2.24) is 24.9 Å². The molecular weight excluding hydrogens is 449 g/mol. The lowest BCUT2D eigenvalue weighted by molar-refractivity contribution is -0.137. The van der Waals surface area contributed by atoms with E-state index in [1.807, 2.05) is 0 Å². The van der Waals surface area contributed by atoms with Crippen molar-refractivity contribution >= 4 is 34.3 Å². The Morgan fingerprint density at radius 1 is 1.00 bits per heavy atom. The maximum Gasteiger partial charge on any atom is 0.417 e. The first kappa shape index (κ1) is 21.8. The van der Waals surface area contributed by atoms with Crippen molar-refractivity contribution in [2.45, 2.75) is 12.3 Å². The predicted molar refractivity (Wildman–Crippen MR) is 110 cm³/mol. The topological polar surface area (TPSA) is 117 Å². The van der Waals surface area contributed by atoms with Crippen molar-refractivity contribution in [1.29, 1.82) is 0 Å². The summed E-state index contributed by atoms with van der Waals surface area (Å²) in [5.74, 6) is 0.417. The van der Waals surface area contributed by atoms with Crippen LogP contribution in [0.5, 0.6) is 0 Å². The molecule has 0 amide bonds. The summed E-state index contributed by atoms with van der Waals surface area (Å²) in [7, 11) is 0. The lowest BCUT2D eigenvalue weighted by Crippen LogP contribution is -2.06. The Labute approximate surface area is 183 Å². The normalized spacial score (nSPS) is 12.7. The van der Waals surface area contributed by atoms with E-state index >= 15 is 0 Å². The highest BCUT2D eigenvalue weighted by atomic mass is 35.5. The maximum atomic E-state index is 12.7. The van der Waals surface area contributed by atoms with Crippen molar-refractivity contribution in [3.63, 3.8) is 0 Å². The Morgan fingerprint density at radius 3 is 2.47 bits per heavy atom. The summed E-state index contributed by atoms with van der Waals surface area (Å²) < 4.78 is 38.1. The van der Waals surface area contributed by atoms with Crippen LogP contribution >= 0.6 is 11.6 Å². The first-order valence-corrected chi connectivity index (χ1v) is 9.50. The van der Waals surface area contributed by atoms with Gasteiger partial charge in [-0.3, -0.25) is 4.98 Å². The van der Waals surface area contributed by atoms with Gasteiger partial charge in [0.1, 0.15) is 23.8 Å². The number of alkyl halides is 3. The predicted octanol–water partition coefficient (Wildman–Crippen LogP) is 3.92. The van der Waals surface area contributed by atoms with Gasteiger partial charge in [0.25, 0.3) is 0 Å². The Balaban J connectivity index is 1.64. The monoisotopic (exact) mass is 462 g/mol. The lowest BCUT2D eigenvalue weighted by atomic mass is 10.1. The molecule has 1 atom stereocenters. The van der Waals surface area contributed by atoms with Gasteiger partial charge in [-0.1, -0.05) is 11.6 Å². The number of hydrogen-bond acceptors (Lipinski definition) is 8. The SMILES string of the molecule is OC[C@H](O)c1cnc(-c2cnc3c(Nc4ccc(C(F)(F)F)cn4)ncnc3c2)c(Cl)c1. The van der Waals surface area contributed by atoms with E-state index in [0.717, 1.165) is 12.3 Å². The Kier molecular flexibility index (Phi) is 5.87. The van der Waals surface area contributed by atoms with Crippen molar-refractivity contribution in [2.24, 2.45) is 0 Å². The minimum Gasteiger partial charge on any atom is -0.393 e. The molecule has 0 aliphatic carbocycles. The van der Waals surface area contributed by atoms with Gasteiger partial charge in [0.05, 0.1) is 28.4 Å². The molecule has 0 saturated heterocycles. The fourth-order valence-corrected chi connectivity index (χ4v) is 3.16. The van der Waals surface area contributed by atoms with Crippen LogP contribution in [0.1, 0.15) is 17.2 Å². The van der Waals surface area contributed by atoms with Crippen LogP contribution in [0.4, 0.5) is 24.8 Å². The number of nitrogens with one attached hydrogen (secondary N) is 1. The Morgan fingerprint density at radius 2 is 1.81 bits per heavy atom. The van der Waals surface area contributed by atoms with E-state index in [4.69, 9.17) is 16.7 Å². The summed E-state index contributed by atoms with van der Waals surface area (Å²) in [6.45, 7) is -0.463. The summed E-state index contributed by atoms with van der Waals surface area (Å²) in [6, 6.07) is 5.27. The van der Waals surface area contributed by atoms with Crippen molar-refractivity contribution in [2.75, 3.05) is 11.9 Å². The van der Waals surface area contributed by atoms with Crippen LogP contribution in [-0.2, 0) is 6.18 Å². The number of aliphatic hydroxyl groups excluding tert-OH is 2. The maximum absolute atomic E-state index is 12.7. The zero-order chi connectivity index (χ0) is 22.9. The Bertz CT molecular complexity index is 1270. The molecule has 0 bridgehead atoms. The summed E-state index contributed by atoms with van der Waals surface area (Å²) in [6.07, 6.45) is -0.681. The molecule has 3 N–H and O–H groups in total. The average molecular weight is 463 g/mol. The lowest BCUT2D eigenvalue weighted by Gasteiger charge is -2.11. The third-order valence-corrected chi connectivity index (χ3v) is 4.79. The van der Waals surface area contributed by atoms with Crippen molar-refractivity contribution in [3.05, 3.63) is 65.3 Å². The molecule has 4 aromatic heterocycles. The average Bonchev–Trinajstić information content (AvgIpc) is 2.78. The molecule has 0 aromatic carbocycles. The first-order valence-electron chi connectivity index (χ1n) is 9.12. The number of halogens is 4. The molecule has 0 radical (unpaired) electrons. The smallest absolute Gasteiger partial charge is 0.393 e. The van der Waals surface area contributed by atoms with Crippen LogP contribution in [0.3, 0.4) is 0 Å². The van der Waals surface area contributed by atoms with E-state index in [2.05, 4.69) is 30.2 Å². The van der Waals surface area contributed by atoms with Gasteiger partial charge in [0, 0.05) is 29.7 Å². The fraction of sp³-hybridized carbons (Fsp3) is 0.150. The highest BCUT2D eigenvalue weighted by Gasteiger charge is 2.30. The molecule has 8 nitrogen and oxygen atoms in total. The van der Waals surface area contributed by atoms with Gasteiger partial charge in [-0.15, -0.1) is 0 Å². The molecule has 12 heteroatoms. The zero-order valence-electron chi connectivity index (χ0n) is 16.0. The number of fused-ring (bicyclic) bond motifs is 1. The van der Waals surface area contributed by atoms with Crippen LogP contribution in [0.15, 0.2) is 49.2 Å². The Hall–Kier alpha value is -3.41. The van der Waals surface area contributed by atoms with Crippen molar-refractivity contribution < 1.29 is 23.4 Å². The van der Waals surface area contributed by atoms with E-state index in [9.17, 15) is 18.3 Å². The quantitative estimate of drug-likeness (QED) is 0.408. The second kappa shape index (κ2) is 8.61. The molecule has 0 spiro atoms. The molecule has 4 heterocycles. The van der Waals surface area contributed by atoms with Crippen molar-refractivity contribution in [3.8, 4) is 11.3 Å². The molecular formula is C20H14ClF3N6O2. The number of hydrogen-bond donors (Lipinski definition) is 3. The summed E-state index contributed by atoms with van der Waals surface area (Å²) in [5, 5.41) is 21.9. The van der Waals surface area contributed by atoms with Crippen LogP contribution < -0.4 is 5.32 Å². The van der Waals surface area contributed by atoms with Crippen LogP contribution in [0.2, 0.25) is 5.02 Å². The molecule has 4 rings (SSSR count). The number of rotatable bonds is 5. The van der Waals surface area contributed by atoms with Crippen LogP contribution in [0.25, 0.3) is 22.3 Å². The molecule has 0 fully saturated rings. The third kappa shape index (κ3) is 4.44. The van der Waals surface area contributed by atoms with Gasteiger partial charge in [-0.05, 0) is 24.3 Å². The highest BCUT2D eigenvalue weighted by Crippen LogP contribution is 2.31. The van der Waals surface area contributed by atoms with Crippen LogP contribution in [-0.4, -0.2) is 41.7 Å². The molecule has 164 valence electrons. The van der Waals surface area contributed by atoms with Gasteiger partial charge in [-0.25, -0.2) is 19.9 Å². The van der Waals surface area contributed by atoms with E-state index < -0.39 is 24.5 Å². The van der Waals surface area contributed by atoms with Gasteiger partial charge in [-0.2, -0.15) is 13.2 Å². The summed E-state index contributed by atoms with van der Waals surface area (Å²) in [4.78, 5) is 20.6. The van der Waals surface area contributed by atoms with Crippen LogP contribution in [0, 0.1) is 0 Å². The molecule has 0 unspecified atom stereocenters. The van der Waals surface area contributed by atoms with E-state index in [-0.39, 0.29) is 16.7 Å². The van der Waals surface area contributed by atoms with Gasteiger partial charge in [0.15, 0.2) is 5.82 Å². The molecule has 0 saturated carbocycles. The minimum atomic E-state index is -4.48. The molecule has 0 aliphatic heterocycles. The highest BCUT2D eigenvalue weighted by molar-refractivity contribution is 6.33. The number of pyridine rings is 3. The van der Waals surface area contributed by atoms with Gasteiger partial charge < -0.3 is 15.5 Å². The molecule has 32 heavy (non-hydrogen) atoms. The molecule has 0 aliphatic rings. The molecule has 4 aromatic rings. The van der Waals surface area contributed by atoms with Gasteiger partial charge >= 0.3 is 6.18 Å². The minimum absolute atomic E-state index is 0.159. The standard InChI is InChI=1S/C20H14ClF3N6O2/c21-13-3-10(15(32)8-31)5-26-17(13)11-4-14-18(27-6-11)19(29-9-28-14)30-16-2-1-12(7-25-16)20(22,23)24/h1-7,9,15,31-32H,8H2,(H,25,28,29,30)/t15-/m0/s1. The fourth-order valence-electron chi connectivity index (χ4n) is 2.87. The number of nitrogens with zero attached hydrogens (tertiary/aromatic N) is 5. The van der Waals surface area contributed by atoms with E-state index in [1.54, 1.807) is 6.07 Å². The number of anilines is 2. The summed E-state index contributed by atoms with van der Waals surface area (Å²) in [5.41, 5.74) is 1.25. The van der Waals surface area contributed by atoms with E-state index in [0.29, 0.717) is 27.9 Å². The summed E-state index contributed by atoms with van der Waals surface area (Å²) >= 11 is 6.28.